The lowest BCUT2D eigenvalue weighted by Gasteiger charge is -2.20. The van der Waals surface area contributed by atoms with Crippen LogP contribution in [0.5, 0.6) is 17.2 Å². The number of aryl methyl sites for hydroxylation is 1. The van der Waals surface area contributed by atoms with Crippen LogP contribution in [-0.2, 0) is 17.9 Å². The Labute approximate surface area is 265 Å². The van der Waals surface area contributed by atoms with Crippen molar-refractivity contribution in [2.45, 2.75) is 30.4 Å². The first-order valence-corrected chi connectivity index (χ1v) is 15.4. The van der Waals surface area contributed by atoms with Crippen molar-refractivity contribution in [3.63, 3.8) is 0 Å². The van der Waals surface area contributed by atoms with Crippen molar-refractivity contribution in [3.05, 3.63) is 105 Å². The van der Waals surface area contributed by atoms with Crippen LogP contribution in [0, 0.1) is 0 Å². The van der Waals surface area contributed by atoms with Crippen LogP contribution >= 0.6 is 11.8 Å². The number of ether oxygens (including phenoxy) is 3. The lowest BCUT2D eigenvalue weighted by Crippen LogP contribution is -2.29. The van der Waals surface area contributed by atoms with E-state index in [4.69, 9.17) is 19.0 Å². The molecule has 0 bridgehead atoms. The van der Waals surface area contributed by atoms with E-state index in [1.165, 1.54) is 11.8 Å². The average Bonchev–Trinajstić information content (AvgIpc) is 3.30. The third kappa shape index (κ3) is 6.68. The van der Waals surface area contributed by atoms with E-state index in [1.807, 2.05) is 48.7 Å². The molecule has 0 fully saturated rings. The fourth-order valence-corrected chi connectivity index (χ4v) is 6.20. The molecule has 45 heavy (non-hydrogen) atoms. The molecule has 1 aliphatic rings. The number of carbonyl (C=O) groups is 1. The largest absolute Gasteiger partial charge is 0.493 e. The van der Waals surface area contributed by atoms with E-state index in [9.17, 15) is 20.0 Å². The van der Waals surface area contributed by atoms with Gasteiger partial charge in [-0.15, -0.1) is 11.8 Å². The highest BCUT2D eigenvalue weighted by Crippen LogP contribution is 2.50. The summed E-state index contributed by atoms with van der Waals surface area (Å²) in [6.45, 7) is -0.198. The molecule has 4 aromatic carbocycles. The van der Waals surface area contributed by atoms with E-state index >= 15 is 0 Å². The smallest absolute Gasteiger partial charge is 0.251 e. The van der Waals surface area contributed by atoms with Gasteiger partial charge in [0, 0.05) is 11.1 Å². The molecule has 3 N–H and O–H groups in total. The van der Waals surface area contributed by atoms with Crippen molar-refractivity contribution in [3.8, 4) is 39.5 Å². The number of nitrogens with zero attached hydrogens (tertiary/aromatic N) is 1. The molecule has 1 atom stereocenters. The summed E-state index contributed by atoms with van der Waals surface area (Å²) in [6.07, 6.45) is 2.88. The molecule has 4 aromatic rings. The number of rotatable bonds is 10. The van der Waals surface area contributed by atoms with Crippen molar-refractivity contribution in [1.82, 2.24) is 10.7 Å². The van der Waals surface area contributed by atoms with Crippen LogP contribution in [0.3, 0.4) is 0 Å². The van der Waals surface area contributed by atoms with Gasteiger partial charge < -0.3 is 19.5 Å². The van der Waals surface area contributed by atoms with Crippen molar-refractivity contribution in [2.75, 3.05) is 27.6 Å². The summed E-state index contributed by atoms with van der Waals surface area (Å²) < 4.78 is 17.2. The number of methoxy groups -OCH3 is 3. The average molecular weight is 631 g/mol. The number of amides is 1. The number of thioether (sulfide) groups is 1. The van der Waals surface area contributed by atoms with Crippen LogP contribution < -0.4 is 25.0 Å². The zero-order valence-corrected chi connectivity index (χ0v) is 26.1. The minimum atomic E-state index is -0.532. The standard InChI is InChI=1S/C34H34N2O8S/c1-41-29-17-21-11-14-27(26-18-28(37)30(45-4)15-13-25(26)31(21)33(43-3)32(29)42-2)35-34(38)22-10-12-24(20-8-6-5-7-9-20)23(16-22)19-44-36(39)40/h5-10,12-13,15-18,27,39-40H,11,14,19H2,1-4H3,(H,35,38)/t27-/m0/s1. The van der Waals surface area contributed by atoms with Crippen molar-refractivity contribution < 1.29 is 34.3 Å². The van der Waals surface area contributed by atoms with E-state index in [0.29, 0.717) is 51.7 Å². The molecule has 11 heteroatoms. The first-order valence-electron chi connectivity index (χ1n) is 14.1. The Kier molecular flexibility index (Phi) is 10.1. The molecule has 0 saturated heterocycles. The highest BCUT2D eigenvalue weighted by molar-refractivity contribution is 7.98. The highest BCUT2D eigenvalue weighted by atomic mass is 32.2. The van der Waals surface area contributed by atoms with E-state index in [1.54, 1.807) is 51.7 Å². The van der Waals surface area contributed by atoms with Gasteiger partial charge in [0.1, 0.15) is 0 Å². The number of fused-ring (bicyclic) bond motifs is 3. The summed E-state index contributed by atoms with van der Waals surface area (Å²) >= 11 is 1.35. The number of benzene rings is 3. The number of hydrogen-bond donors (Lipinski definition) is 3. The fraction of sp³-hybridized carbons (Fsp3) is 0.235. The summed E-state index contributed by atoms with van der Waals surface area (Å²) in [6, 6.07) is 21.3. The quantitative estimate of drug-likeness (QED) is 0.141. The molecular weight excluding hydrogens is 596 g/mol. The molecule has 0 aromatic heterocycles. The van der Waals surface area contributed by atoms with Crippen molar-refractivity contribution in [2.24, 2.45) is 0 Å². The van der Waals surface area contributed by atoms with Gasteiger partial charge in [0.2, 0.25) is 5.75 Å². The lowest BCUT2D eigenvalue weighted by atomic mass is 9.95. The molecule has 10 nitrogen and oxygen atoms in total. The Bertz CT molecular complexity index is 1760. The van der Waals surface area contributed by atoms with E-state index in [2.05, 4.69) is 5.32 Å². The van der Waals surface area contributed by atoms with Gasteiger partial charge in [-0.25, -0.2) is 4.84 Å². The SMILES string of the molecule is COc1cc2c(c(OC)c1OC)-c1ccc(SC)c(=O)cc1[C@@H](NC(=O)c1ccc(-c3ccccc3)c(CON(O)O)c1)CC2. The second kappa shape index (κ2) is 14.1. The van der Waals surface area contributed by atoms with Crippen LogP contribution in [0.4, 0.5) is 0 Å². The fourth-order valence-electron chi connectivity index (χ4n) is 5.74. The van der Waals surface area contributed by atoms with Crippen LogP contribution in [0.15, 0.2) is 82.5 Å². The van der Waals surface area contributed by atoms with Gasteiger partial charge in [0.15, 0.2) is 16.9 Å². The molecule has 0 aliphatic heterocycles. The normalized spacial score (nSPS) is 13.8. The Morgan fingerprint density at radius 3 is 2.33 bits per heavy atom. The Morgan fingerprint density at radius 2 is 1.67 bits per heavy atom. The summed E-state index contributed by atoms with van der Waals surface area (Å²) in [5.74, 6) is 1.06. The first kappa shape index (κ1) is 32.0. The van der Waals surface area contributed by atoms with Crippen LogP contribution in [-0.4, -0.2) is 49.3 Å². The predicted molar refractivity (Wildman–Crippen MR) is 170 cm³/mol. The lowest BCUT2D eigenvalue weighted by molar-refractivity contribution is -0.497. The molecule has 5 rings (SSSR count). The molecule has 234 valence electrons. The van der Waals surface area contributed by atoms with Crippen molar-refractivity contribution >= 4 is 17.7 Å². The third-order valence-corrected chi connectivity index (χ3v) is 8.59. The van der Waals surface area contributed by atoms with Gasteiger partial charge >= 0.3 is 0 Å². The molecule has 1 amide bonds. The maximum absolute atomic E-state index is 13.8. The Balaban J connectivity index is 1.59. The Morgan fingerprint density at radius 1 is 0.933 bits per heavy atom. The molecule has 0 saturated carbocycles. The topological polar surface area (TPSA) is 127 Å². The minimum absolute atomic E-state index is 0.157. The van der Waals surface area contributed by atoms with Crippen molar-refractivity contribution in [1.29, 1.82) is 0 Å². The summed E-state index contributed by atoms with van der Waals surface area (Å²) in [5, 5.41) is 21.2. The van der Waals surface area contributed by atoms with Crippen LogP contribution in [0.1, 0.15) is 39.5 Å². The second-order valence-electron chi connectivity index (χ2n) is 10.3. The summed E-state index contributed by atoms with van der Waals surface area (Å²) in [4.78, 5) is 32.6. The molecule has 1 aliphatic carbocycles. The highest BCUT2D eigenvalue weighted by Gasteiger charge is 2.30. The second-order valence-corrected chi connectivity index (χ2v) is 11.1. The summed E-state index contributed by atoms with van der Waals surface area (Å²) in [5.41, 5.74) is 5.48. The number of nitrogens with one attached hydrogen (secondary N) is 1. The monoisotopic (exact) mass is 630 g/mol. The van der Waals surface area contributed by atoms with E-state index in [-0.39, 0.29) is 23.3 Å². The van der Waals surface area contributed by atoms with Gasteiger partial charge in [0.25, 0.3) is 5.91 Å². The van der Waals surface area contributed by atoms with E-state index < -0.39 is 6.04 Å². The molecule has 0 spiro atoms. The zero-order valence-electron chi connectivity index (χ0n) is 25.3. The third-order valence-electron chi connectivity index (χ3n) is 7.81. The van der Waals surface area contributed by atoms with Crippen LogP contribution in [0.2, 0.25) is 0 Å². The maximum Gasteiger partial charge on any atom is 0.251 e. The number of hydrogen-bond acceptors (Lipinski definition) is 10. The predicted octanol–water partition coefficient (Wildman–Crippen LogP) is 6.06. The Hall–Kier alpha value is -4.39. The maximum atomic E-state index is 13.8. The van der Waals surface area contributed by atoms with Gasteiger partial charge in [-0.05, 0) is 82.8 Å². The van der Waals surface area contributed by atoms with Gasteiger partial charge in [-0.2, -0.15) is 0 Å². The first-order chi connectivity index (χ1) is 21.8. The van der Waals surface area contributed by atoms with Gasteiger partial charge in [-0.3, -0.25) is 20.0 Å². The number of carbonyl (C=O) groups excluding carboxylic acids is 1. The minimum Gasteiger partial charge on any atom is -0.493 e. The van der Waals surface area contributed by atoms with Crippen LogP contribution in [0.25, 0.3) is 22.3 Å². The molecule has 0 radical (unpaired) electrons. The van der Waals surface area contributed by atoms with Gasteiger partial charge in [-0.1, -0.05) is 42.5 Å². The zero-order chi connectivity index (χ0) is 32.1. The summed E-state index contributed by atoms with van der Waals surface area (Å²) in [7, 11) is 4.66. The molecule has 0 heterocycles. The van der Waals surface area contributed by atoms with Gasteiger partial charge in [0.05, 0.1) is 44.3 Å². The molecular formula is C34H34N2O8S. The molecule has 0 unspecified atom stereocenters. The van der Waals surface area contributed by atoms with E-state index in [0.717, 1.165) is 27.8 Å².